The zero-order valence-electron chi connectivity index (χ0n) is 12.6. The van der Waals surface area contributed by atoms with Crippen LogP contribution in [0.5, 0.6) is 11.5 Å². The average molecular weight is 302 g/mol. The molecule has 0 unspecified atom stereocenters. The minimum atomic E-state index is -0.0166. The second-order valence-corrected chi connectivity index (χ2v) is 4.94. The fraction of sp³-hybridized carbons (Fsp3) is 0.333. The summed E-state index contributed by atoms with van der Waals surface area (Å²) in [7, 11) is 0. The van der Waals surface area contributed by atoms with Gasteiger partial charge in [-0.1, -0.05) is 36.4 Å². The Labute approximate surface area is 130 Å². The molecule has 0 aliphatic carbocycles. The van der Waals surface area contributed by atoms with E-state index in [4.69, 9.17) is 9.47 Å². The number of aliphatic hydroxyl groups is 2. The third kappa shape index (κ3) is 4.76. The SMILES string of the molecule is OCc1ccccc1OCCCCOc1ccccc1CO. The van der Waals surface area contributed by atoms with Crippen molar-refractivity contribution in [2.45, 2.75) is 26.1 Å². The minimum absolute atomic E-state index is 0.0166. The molecule has 0 bridgehead atoms. The third-order valence-electron chi connectivity index (χ3n) is 3.34. The Bertz CT molecular complexity index is 517. The Morgan fingerprint density at radius 1 is 0.636 bits per heavy atom. The van der Waals surface area contributed by atoms with E-state index in [0.29, 0.717) is 13.2 Å². The molecule has 0 saturated heterocycles. The van der Waals surface area contributed by atoms with E-state index in [9.17, 15) is 10.2 Å². The summed E-state index contributed by atoms with van der Waals surface area (Å²) in [4.78, 5) is 0. The molecular weight excluding hydrogens is 280 g/mol. The summed E-state index contributed by atoms with van der Waals surface area (Å²) in [5.41, 5.74) is 1.60. The molecule has 2 rings (SSSR count). The van der Waals surface area contributed by atoms with Crippen molar-refractivity contribution in [3.8, 4) is 11.5 Å². The third-order valence-corrected chi connectivity index (χ3v) is 3.34. The lowest BCUT2D eigenvalue weighted by Gasteiger charge is -2.11. The highest BCUT2D eigenvalue weighted by atomic mass is 16.5. The summed E-state index contributed by atoms with van der Waals surface area (Å²) >= 11 is 0. The Kier molecular flexibility index (Phi) is 6.74. The van der Waals surface area contributed by atoms with E-state index in [2.05, 4.69) is 0 Å². The molecule has 0 radical (unpaired) electrons. The van der Waals surface area contributed by atoms with E-state index >= 15 is 0 Å². The molecular formula is C18H22O4. The summed E-state index contributed by atoms with van der Waals surface area (Å²) in [5, 5.41) is 18.4. The van der Waals surface area contributed by atoms with Gasteiger partial charge in [0, 0.05) is 11.1 Å². The van der Waals surface area contributed by atoms with E-state index < -0.39 is 0 Å². The first-order valence-corrected chi connectivity index (χ1v) is 7.48. The molecule has 0 atom stereocenters. The van der Waals surface area contributed by atoms with Crippen molar-refractivity contribution >= 4 is 0 Å². The van der Waals surface area contributed by atoms with Crippen LogP contribution in [0, 0.1) is 0 Å². The molecule has 2 N–H and O–H groups in total. The van der Waals surface area contributed by atoms with Gasteiger partial charge in [-0.3, -0.25) is 0 Å². The normalized spacial score (nSPS) is 10.5. The molecule has 0 heterocycles. The number of hydrogen-bond acceptors (Lipinski definition) is 4. The smallest absolute Gasteiger partial charge is 0.124 e. The quantitative estimate of drug-likeness (QED) is 0.699. The molecule has 0 aromatic heterocycles. The fourth-order valence-corrected chi connectivity index (χ4v) is 2.12. The number of unbranched alkanes of at least 4 members (excludes halogenated alkanes) is 1. The summed E-state index contributed by atoms with van der Waals surface area (Å²) in [6.07, 6.45) is 1.72. The van der Waals surface area contributed by atoms with Gasteiger partial charge in [-0.05, 0) is 25.0 Å². The van der Waals surface area contributed by atoms with Crippen molar-refractivity contribution in [1.29, 1.82) is 0 Å². The van der Waals surface area contributed by atoms with Crippen LogP contribution in [0.25, 0.3) is 0 Å². The molecule has 118 valence electrons. The highest BCUT2D eigenvalue weighted by molar-refractivity contribution is 5.33. The van der Waals surface area contributed by atoms with Crippen LogP contribution in [0.4, 0.5) is 0 Å². The number of aliphatic hydroxyl groups excluding tert-OH is 2. The summed E-state index contributed by atoms with van der Waals surface area (Å²) in [5.74, 6) is 1.47. The average Bonchev–Trinajstić information content (AvgIpc) is 2.58. The minimum Gasteiger partial charge on any atom is -0.493 e. The molecule has 2 aromatic rings. The second kappa shape index (κ2) is 9.07. The van der Waals surface area contributed by atoms with Crippen molar-refractivity contribution in [3.63, 3.8) is 0 Å². The van der Waals surface area contributed by atoms with E-state index in [-0.39, 0.29) is 13.2 Å². The lowest BCUT2D eigenvalue weighted by atomic mass is 10.2. The first kappa shape index (κ1) is 16.3. The van der Waals surface area contributed by atoms with Crippen molar-refractivity contribution < 1.29 is 19.7 Å². The second-order valence-electron chi connectivity index (χ2n) is 4.94. The van der Waals surface area contributed by atoms with Gasteiger partial charge in [0.05, 0.1) is 26.4 Å². The molecule has 0 amide bonds. The van der Waals surface area contributed by atoms with Gasteiger partial charge < -0.3 is 19.7 Å². The topological polar surface area (TPSA) is 58.9 Å². The Morgan fingerprint density at radius 2 is 1.05 bits per heavy atom. The van der Waals surface area contributed by atoms with Crippen molar-refractivity contribution in [3.05, 3.63) is 59.7 Å². The van der Waals surface area contributed by atoms with E-state index in [1.807, 2.05) is 48.5 Å². The molecule has 0 fully saturated rings. The predicted octanol–water partition coefficient (Wildman–Crippen LogP) is 2.91. The summed E-state index contributed by atoms with van der Waals surface area (Å²) in [6, 6.07) is 15.0. The van der Waals surface area contributed by atoms with Gasteiger partial charge in [-0.2, -0.15) is 0 Å². The van der Waals surface area contributed by atoms with Gasteiger partial charge in [0.2, 0.25) is 0 Å². The highest BCUT2D eigenvalue weighted by Crippen LogP contribution is 2.19. The van der Waals surface area contributed by atoms with Gasteiger partial charge in [0.25, 0.3) is 0 Å². The van der Waals surface area contributed by atoms with Crippen molar-refractivity contribution in [2.75, 3.05) is 13.2 Å². The monoisotopic (exact) mass is 302 g/mol. The summed E-state index contributed by atoms with van der Waals surface area (Å²) in [6.45, 7) is 1.14. The van der Waals surface area contributed by atoms with E-state index in [0.717, 1.165) is 35.5 Å². The van der Waals surface area contributed by atoms with Gasteiger partial charge in [-0.15, -0.1) is 0 Å². The van der Waals surface area contributed by atoms with Crippen LogP contribution in [0.3, 0.4) is 0 Å². The molecule has 0 aliphatic rings. The molecule has 0 saturated carbocycles. The van der Waals surface area contributed by atoms with Crippen LogP contribution in [0.15, 0.2) is 48.5 Å². The van der Waals surface area contributed by atoms with Crippen LogP contribution in [-0.4, -0.2) is 23.4 Å². The van der Waals surface area contributed by atoms with Crippen molar-refractivity contribution in [1.82, 2.24) is 0 Å². The van der Waals surface area contributed by atoms with Crippen LogP contribution in [0.1, 0.15) is 24.0 Å². The molecule has 0 spiro atoms. The van der Waals surface area contributed by atoms with E-state index in [1.165, 1.54) is 0 Å². The molecule has 2 aromatic carbocycles. The van der Waals surface area contributed by atoms with Gasteiger partial charge in [0.15, 0.2) is 0 Å². The van der Waals surface area contributed by atoms with Crippen LogP contribution < -0.4 is 9.47 Å². The number of ether oxygens (including phenoxy) is 2. The maximum Gasteiger partial charge on any atom is 0.124 e. The van der Waals surface area contributed by atoms with Crippen LogP contribution in [-0.2, 0) is 13.2 Å². The lowest BCUT2D eigenvalue weighted by molar-refractivity contribution is 0.242. The standard InChI is InChI=1S/C18H22O4/c19-13-15-7-1-3-9-17(15)21-11-5-6-12-22-18-10-4-2-8-16(18)14-20/h1-4,7-10,19-20H,5-6,11-14H2. The van der Waals surface area contributed by atoms with E-state index in [1.54, 1.807) is 0 Å². The van der Waals surface area contributed by atoms with Crippen LogP contribution >= 0.6 is 0 Å². The maximum absolute atomic E-state index is 9.21. The van der Waals surface area contributed by atoms with Crippen LogP contribution in [0.2, 0.25) is 0 Å². The van der Waals surface area contributed by atoms with Crippen molar-refractivity contribution in [2.24, 2.45) is 0 Å². The van der Waals surface area contributed by atoms with Gasteiger partial charge in [0.1, 0.15) is 11.5 Å². The zero-order valence-corrected chi connectivity index (χ0v) is 12.6. The Hall–Kier alpha value is -2.04. The maximum atomic E-state index is 9.21. The molecule has 4 nitrogen and oxygen atoms in total. The largest absolute Gasteiger partial charge is 0.493 e. The summed E-state index contributed by atoms with van der Waals surface area (Å²) < 4.78 is 11.3. The zero-order chi connectivity index (χ0) is 15.6. The predicted molar refractivity (Wildman–Crippen MR) is 85.0 cm³/mol. The first-order chi connectivity index (χ1) is 10.8. The fourth-order valence-electron chi connectivity index (χ4n) is 2.12. The number of para-hydroxylation sites is 2. The first-order valence-electron chi connectivity index (χ1n) is 7.48. The number of benzene rings is 2. The molecule has 0 aliphatic heterocycles. The number of rotatable bonds is 9. The molecule has 4 heteroatoms. The van der Waals surface area contributed by atoms with Gasteiger partial charge >= 0.3 is 0 Å². The molecule has 22 heavy (non-hydrogen) atoms. The lowest BCUT2D eigenvalue weighted by Crippen LogP contribution is -2.04. The Morgan fingerprint density at radius 3 is 1.45 bits per heavy atom. The Balaban J connectivity index is 1.67. The number of hydrogen-bond donors (Lipinski definition) is 2. The van der Waals surface area contributed by atoms with Gasteiger partial charge in [-0.25, -0.2) is 0 Å². The highest BCUT2D eigenvalue weighted by Gasteiger charge is 2.02.